The Hall–Kier alpha value is -2.07. The van der Waals surface area contributed by atoms with Gasteiger partial charge in [-0.2, -0.15) is 0 Å². The Kier molecular flexibility index (Phi) is 2.26. The van der Waals surface area contributed by atoms with Gasteiger partial charge in [-0.25, -0.2) is 4.98 Å². The molecule has 0 fully saturated rings. The first-order valence-electron chi connectivity index (χ1n) is 6.27. The second kappa shape index (κ2) is 3.96. The first kappa shape index (κ1) is 10.8. The molecule has 0 radical (unpaired) electrons. The van der Waals surface area contributed by atoms with Crippen LogP contribution in [0.1, 0.15) is 11.1 Å². The maximum absolute atomic E-state index is 5.84. The van der Waals surface area contributed by atoms with Crippen LogP contribution < -0.4 is 10.6 Å². The number of nitrogens with zero attached hydrogens (tertiary/aromatic N) is 2. The van der Waals surface area contributed by atoms with E-state index in [0.29, 0.717) is 0 Å². The zero-order valence-corrected chi connectivity index (χ0v) is 11.2. The van der Waals surface area contributed by atoms with Crippen molar-refractivity contribution in [3.05, 3.63) is 53.6 Å². The molecule has 1 aliphatic rings. The van der Waals surface area contributed by atoms with Gasteiger partial charge in [-0.05, 0) is 35.4 Å². The summed E-state index contributed by atoms with van der Waals surface area (Å²) in [4.78, 5) is 7.03. The highest BCUT2D eigenvalue weighted by molar-refractivity contribution is 7.22. The Bertz CT molecular complexity index is 730. The van der Waals surface area contributed by atoms with Crippen molar-refractivity contribution in [2.75, 3.05) is 10.6 Å². The molecular formula is C15H13N3S. The van der Waals surface area contributed by atoms with Crippen LogP contribution in [-0.2, 0) is 13.1 Å². The van der Waals surface area contributed by atoms with Crippen LogP contribution in [0.2, 0.25) is 0 Å². The molecule has 0 aliphatic carbocycles. The summed E-state index contributed by atoms with van der Waals surface area (Å²) in [6.45, 7) is 1.83. The summed E-state index contributed by atoms with van der Waals surface area (Å²) < 4.78 is 1.24. The zero-order chi connectivity index (χ0) is 12.8. The molecule has 0 unspecified atom stereocenters. The van der Waals surface area contributed by atoms with Crippen molar-refractivity contribution >= 4 is 32.4 Å². The lowest BCUT2D eigenvalue weighted by atomic mass is 10.1. The number of hydrogen-bond donors (Lipinski definition) is 1. The van der Waals surface area contributed by atoms with Gasteiger partial charge in [0.05, 0.1) is 10.2 Å². The Balaban J connectivity index is 1.72. The minimum absolute atomic E-state index is 0.838. The van der Waals surface area contributed by atoms with Gasteiger partial charge in [0, 0.05) is 18.8 Å². The fourth-order valence-electron chi connectivity index (χ4n) is 2.55. The van der Waals surface area contributed by atoms with Crippen molar-refractivity contribution in [3.8, 4) is 0 Å². The number of rotatable bonds is 1. The Morgan fingerprint density at radius 3 is 2.79 bits per heavy atom. The normalized spacial score (nSPS) is 14.0. The molecule has 2 heterocycles. The number of fused-ring (bicyclic) bond motifs is 2. The number of hydrogen-bond acceptors (Lipinski definition) is 4. The molecule has 19 heavy (non-hydrogen) atoms. The molecule has 1 aliphatic heterocycles. The quantitative estimate of drug-likeness (QED) is 0.687. The van der Waals surface area contributed by atoms with Gasteiger partial charge < -0.3 is 10.6 Å². The molecule has 2 N–H and O–H groups in total. The monoisotopic (exact) mass is 267 g/mol. The van der Waals surface area contributed by atoms with Crippen LogP contribution in [0.4, 0.5) is 10.8 Å². The molecule has 0 bridgehead atoms. The van der Waals surface area contributed by atoms with Gasteiger partial charge in [-0.15, -0.1) is 0 Å². The Morgan fingerprint density at radius 2 is 1.89 bits per heavy atom. The van der Waals surface area contributed by atoms with Gasteiger partial charge in [0.2, 0.25) is 0 Å². The van der Waals surface area contributed by atoms with Crippen LogP contribution in [0.25, 0.3) is 10.2 Å². The number of nitrogen functional groups attached to an aromatic ring is 1. The number of aromatic nitrogens is 1. The number of nitrogens with two attached hydrogens (primary N) is 1. The van der Waals surface area contributed by atoms with Gasteiger partial charge in [0.15, 0.2) is 5.13 Å². The van der Waals surface area contributed by atoms with Crippen LogP contribution in [0.3, 0.4) is 0 Å². The van der Waals surface area contributed by atoms with Gasteiger partial charge in [-0.1, -0.05) is 29.5 Å². The molecule has 0 amide bonds. The lowest BCUT2D eigenvalue weighted by Gasteiger charge is -2.12. The molecule has 4 heteroatoms. The third-order valence-corrected chi connectivity index (χ3v) is 4.60. The minimum Gasteiger partial charge on any atom is -0.399 e. The van der Waals surface area contributed by atoms with Crippen LogP contribution >= 0.6 is 11.3 Å². The third-order valence-electron chi connectivity index (χ3n) is 3.51. The van der Waals surface area contributed by atoms with Crippen molar-refractivity contribution in [2.45, 2.75) is 13.1 Å². The molecule has 0 spiro atoms. The SMILES string of the molecule is Nc1ccc2c(c1)CN(c1nc3ccccc3s1)C2. The van der Waals surface area contributed by atoms with Gasteiger partial charge in [-0.3, -0.25) is 0 Å². The van der Waals surface area contributed by atoms with Crippen molar-refractivity contribution in [1.29, 1.82) is 0 Å². The highest BCUT2D eigenvalue weighted by Crippen LogP contribution is 2.34. The molecule has 0 saturated heterocycles. The van der Waals surface area contributed by atoms with E-state index in [9.17, 15) is 0 Å². The molecule has 3 aromatic rings. The maximum Gasteiger partial charge on any atom is 0.187 e. The third kappa shape index (κ3) is 1.76. The second-order valence-corrected chi connectivity index (χ2v) is 5.86. The van der Waals surface area contributed by atoms with Crippen molar-refractivity contribution in [3.63, 3.8) is 0 Å². The van der Waals surface area contributed by atoms with E-state index in [4.69, 9.17) is 10.7 Å². The average molecular weight is 267 g/mol. The largest absolute Gasteiger partial charge is 0.399 e. The first-order valence-corrected chi connectivity index (χ1v) is 7.09. The summed E-state index contributed by atoms with van der Waals surface area (Å²) in [7, 11) is 0. The second-order valence-electron chi connectivity index (χ2n) is 4.85. The maximum atomic E-state index is 5.84. The highest BCUT2D eigenvalue weighted by atomic mass is 32.1. The summed E-state index contributed by atoms with van der Waals surface area (Å²) in [5.74, 6) is 0. The van der Waals surface area contributed by atoms with E-state index in [1.807, 2.05) is 12.1 Å². The van der Waals surface area contributed by atoms with E-state index in [1.54, 1.807) is 11.3 Å². The summed E-state index contributed by atoms with van der Waals surface area (Å²) in [5.41, 5.74) is 10.4. The number of thiazole rings is 1. The fraction of sp³-hybridized carbons (Fsp3) is 0.133. The molecule has 2 aromatic carbocycles. The van der Waals surface area contributed by atoms with E-state index in [0.717, 1.165) is 29.4 Å². The summed E-state index contributed by atoms with van der Waals surface area (Å²) in [5, 5.41) is 1.09. The Labute approximate surface area is 115 Å². The molecule has 0 saturated carbocycles. The molecule has 94 valence electrons. The van der Waals surface area contributed by atoms with E-state index < -0.39 is 0 Å². The molecule has 0 atom stereocenters. The van der Waals surface area contributed by atoms with E-state index in [1.165, 1.54) is 15.8 Å². The molecule has 1 aromatic heterocycles. The van der Waals surface area contributed by atoms with Crippen LogP contribution in [-0.4, -0.2) is 4.98 Å². The van der Waals surface area contributed by atoms with Crippen LogP contribution in [0.15, 0.2) is 42.5 Å². The lowest BCUT2D eigenvalue weighted by molar-refractivity contribution is 0.875. The Morgan fingerprint density at radius 1 is 1.05 bits per heavy atom. The molecule has 4 rings (SSSR count). The number of benzene rings is 2. The van der Waals surface area contributed by atoms with Crippen molar-refractivity contribution in [2.24, 2.45) is 0 Å². The summed E-state index contributed by atoms with van der Waals surface area (Å²) >= 11 is 1.75. The first-order chi connectivity index (χ1) is 9.29. The number of anilines is 2. The topological polar surface area (TPSA) is 42.1 Å². The predicted molar refractivity (Wildman–Crippen MR) is 80.4 cm³/mol. The number of para-hydroxylation sites is 1. The zero-order valence-electron chi connectivity index (χ0n) is 10.3. The van der Waals surface area contributed by atoms with Crippen molar-refractivity contribution < 1.29 is 0 Å². The molecule has 3 nitrogen and oxygen atoms in total. The van der Waals surface area contributed by atoms with E-state index in [2.05, 4.69) is 35.2 Å². The lowest BCUT2D eigenvalue weighted by Crippen LogP contribution is -2.13. The summed E-state index contributed by atoms with van der Waals surface area (Å²) in [6.07, 6.45) is 0. The standard InChI is InChI=1S/C15H13N3S/c16-12-6-5-10-8-18(9-11(10)7-12)15-17-13-3-1-2-4-14(13)19-15/h1-7H,8-9,16H2. The van der Waals surface area contributed by atoms with Gasteiger partial charge >= 0.3 is 0 Å². The fourth-order valence-corrected chi connectivity index (χ4v) is 3.51. The van der Waals surface area contributed by atoms with E-state index >= 15 is 0 Å². The molecular weight excluding hydrogens is 254 g/mol. The van der Waals surface area contributed by atoms with Crippen LogP contribution in [0.5, 0.6) is 0 Å². The van der Waals surface area contributed by atoms with E-state index in [-0.39, 0.29) is 0 Å². The predicted octanol–water partition coefficient (Wildman–Crippen LogP) is 3.40. The average Bonchev–Trinajstić information content (AvgIpc) is 3.00. The van der Waals surface area contributed by atoms with Gasteiger partial charge in [0.1, 0.15) is 0 Å². The highest BCUT2D eigenvalue weighted by Gasteiger charge is 2.21. The van der Waals surface area contributed by atoms with Crippen molar-refractivity contribution in [1.82, 2.24) is 4.98 Å². The summed E-state index contributed by atoms with van der Waals surface area (Å²) in [6, 6.07) is 14.4. The van der Waals surface area contributed by atoms with Gasteiger partial charge in [0.25, 0.3) is 0 Å². The minimum atomic E-state index is 0.838. The smallest absolute Gasteiger partial charge is 0.187 e. The van der Waals surface area contributed by atoms with Crippen LogP contribution in [0, 0.1) is 0 Å².